The summed E-state index contributed by atoms with van der Waals surface area (Å²) in [6.45, 7) is 3.67. The molecule has 2 nitrogen and oxygen atoms in total. The molecule has 0 aliphatic rings. The molecule has 1 aromatic carbocycles. The molecule has 0 aliphatic carbocycles. The second-order valence-electron chi connectivity index (χ2n) is 3.19. The number of fused-ring (bicyclic) bond motifs is 1. The summed E-state index contributed by atoms with van der Waals surface area (Å²) in [5.74, 6) is 0. The molecule has 2 rings (SSSR count). The highest BCUT2D eigenvalue weighted by atomic mass is 79.9. The number of aromatic amines is 1. The van der Waals surface area contributed by atoms with E-state index in [9.17, 15) is 0 Å². The highest BCUT2D eigenvalue weighted by Gasteiger charge is 2.07. The first-order chi connectivity index (χ1) is 6.72. The molecular weight excluding hydrogens is 240 g/mol. The predicted molar refractivity (Wildman–Crippen MR) is 63.1 cm³/mol. The van der Waals surface area contributed by atoms with Crippen molar-refractivity contribution >= 4 is 26.8 Å². The molecule has 0 radical (unpaired) electrons. The van der Waals surface area contributed by atoms with Crippen molar-refractivity contribution in [3.05, 3.63) is 47.1 Å². The Labute approximate surface area is 90.9 Å². The maximum absolute atomic E-state index is 5.84. The van der Waals surface area contributed by atoms with Gasteiger partial charge in [-0.05, 0) is 18.2 Å². The van der Waals surface area contributed by atoms with E-state index in [1.807, 2.05) is 24.3 Å². The molecule has 0 unspecified atom stereocenters. The van der Waals surface area contributed by atoms with Crippen LogP contribution >= 0.6 is 15.9 Å². The van der Waals surface area contributed by atoms with Crippen LogP contribution in [0.3, 0.4) is 0 Å². The maximum Gasteiger partial charge on any atom is 0.0631 e. The van der Waals surface area contributed by atoms with E-state index in [0.29, 0.717) is 0 Å². The average Bonchev–Trinajstić information content (AvgIpc) is 2.62. The second kappa shape index (κ2) is 3.59. The number of H-pyrrole nitrogens is 1. The van der Waals surface area contributed by atoms with Gasteiger partial charge in [0, 0.05) is 21.1 Å². The van der Waals surface area contributed by atoms with Crippen LogP contribution in [0.5, 0.6) is 0 Å². The van der Waals surface area contributed by atoms with Gasteiger partial charge in [-0.1, -0.05) is 28.1 Å². The van der Waals surface area contributed by atoms with Gasteiger partial charge in [0.25, 0.3) is 0 Å². The number of nitrogens with one attached hydrogen (secondary N) is 1. The van der Waals surface area contributed by atoms with Crippen molar-refractivity contribution in [2.45, 2.75) is 6.04 Å². The first kappa shape index (κ1) is 9.49. The van der Waals surface area contributed by atoms with E-state index >= 15 is 0 Å². The van der Waals surface area contributed by atoms with Gasteiger partial charge in [0.1, 0.15) is 0 Å². The molecule has 2 aromatic rings. The van der Waals surface area contributed by atoms with Crippen molar-refractivity contribution in [3.8, 4) is 0 Å². The normalized spacial score (nSPS) is 13.0. The summed E-state index contributed by atoms with van der Waals surface area (Å²) in [5.41, 5.74) is 7.92. The van der Waals surface area contributed by atoms with Gasteiger partial charge in [-0.3, -0.25) is 0 Å². The van der Waals surface area contributed by atoms with Crippen LogP contribution < -0.4 is 5.73 Å². The molecule has 14 heavy (non-hydrogen) atoms. The van der Waals surface area contributed by atoms with Crippen molar-refractivity contribution in [3.63, 3.8) is 0 Å². The third kappa shape index (κ3) is 1.49. The largest absolute Gasteiger partial charge is 0.357 e. The number of halogens is 1. The Morgan fingerprint density at radius 2 is 2.29 bits per heavy atom. The summed E-state index contributed by atoms with van der Waals surface area (Å²) in [4.78, 5) is 3.26. The van der Waals surface area contributed by atoms with Crippen molar-refractivity contribution in [1.82, 2.24) is 4.98 Å². The number of benzene rings is 1. The molecule has 3 N–H and O–H groups in total. The number of hydrogen-bond acceptors (Lipinski definition) is 1. The summed E-state index contributed by atoms with van der Waals surface area (Å²) >= 11 is 3.49. The molecule has 1 aromatic heterocycles. The van der Waals surface area contributed by atoms with E-state index in [2.05, 4.69) is 27.5 Å². The number of nitrogens with two attached hydrogens (primary N) is 1. The maximum atomic E-state index is 5.84. The van der Waals surface area contributed by atoms with Crippen LogP contribution in [0.4, 0.5) is 0 Å². The summed E-state index contributed by atoms with van der Waals surface area (Å²) < 4.78 is 1.08. The Balaban J connectivity index is 2.62. The average molecular weight is 251 g/mol. The third-order valence-corrected chi connectivity index (χ3v) is 2.94. The number of rotatable bonds is 2. The fraction of sp³-hybridized carbons (Fsp3) is 0.0909. The zero-order valence-electron chi connectivity index (χ0n) is 7.63. The summed E-state index contributed by atoms with van der Waals surface area (Å²) in [7, 11) is 0. The lowest BCUT2D eigenvalue weighted by Gasteiger charge is -2.00. The molecule has 1 heterocycles. The van der Waals surface area contributed by atoms with Crippen LogP contribution in [-0.2, 0) is 0 Å². The Morgan fingerprint density at radius 3 is 2.93 bits per heavy atom. The molecule has 0 aliphatic heterocycles. The van der Waals surface area contributed by atoms with Gasteiger partial charge in [-0.15, -0.1) is 6.58 Å². The Hall–Kier alpha value is -1.06. The Bertz CT molecular complexity index is 473. The summed E-state index contributed by atoms with van der Waals surface area (Å²) in [6.07, 6.45) is 1.72. The van der Waals surface area contributed by atoms with Crippen LogP contribution in [0.25, 0.3) is 10.9 Å². The molecule has 72 valence electrons. The van der Waals surface area contributed by atoms with Crippen LogP contribution in [-0.4, -0.2) is 4.98 Å². The van der Waals surface area contributed by atoms with Gasteiger partial charge < -0.3 is 10.7 Å². The van der Waals surface area contributed by atoms with Crippen LogP contribution in [0.15, 0.2) is 41.4 Å². The minimum atomic E-state index is -0.130. The monoisotopic (exact) mass is 250 g/mol. The van der Waals surface area contributed by atoms with Gasteiger partial charge in [-0.25, -0.2) is 0 Å². The van der Waals surface area contributed by atoms with E-state index < -0.39 is 0 Å². The highest BCUT2D eigenvalue weighted by Crippen LogP contribution is 2.26. The lowest BCUT2D eigenvalue weighted by atomic mass is 10.2. The molecule has 0 fully saturated rings. The molecule has 0 saturated heterocycles. The standard InChI is InChI=1S/C11H11BrN2/c1-2-9(13)11-6-7-8(12)4-3-5-10(7)14-11/h2-6,9,14H,1,13H2/t9-/m0/s1. The van der Waals surface area contributed by atoms with E-state index in [1.54, 1.807) is 6.08 Å². The van der Waals surface area contributed by atoms with E-state index in [0.717, 1.165) is 21.1 Å². The topological polar surface area (TPSA) is 41.8 Å². The Morgan fingerprint density at radius 1 is 1.50 bits per heavy atom. The molecule has 0 bridgehead atoms. The fourth-order valence-electron chi connectivity index (χ4n) is 1.45. The quantitative estimate of drug-likeness (QED) is 0.791. The second-order valence-corrected chi connectivity index (χ2v) is 4.04. The van der Waals surface area contributed by atoms with Crippen LogP contribution in [0.2, 0.25) is 0 Å². The molecule has 1 atom stereocenters. The fourth-order valence-corrected chi connectivity index (χ4v) is 1.93. The van der Waals surface area contributed by atoms with Gasteiger partial charge in [-0.2, -0.15) is 0 Å². The van der Waals surface area contributed by atoms with Crippen molar-refractivity contribution in [2.75, 3.05) is 0 Å². The van der Waals surface area contributed by atoms with Gasteiger partial charge in [0.05, 0.1) is 6.04 Å². The summed E-state index contributed by atoms with van der Waals surface area (Å²) in [6, 6.07) is 7.95. The SMILES string of the molecule is C=C[C@H](N)c1cc2c(Br)cccc2[nH]1. The molecule has 0 amide bonds. The zero-order valence-corrected chi connectivity index (χ0v) is 9.21. The van der Waals surface area contributed by atoms with Crippen molar-refractivity contribution in [2.24, 2.45) is 5.73 Å². The lowest BCUT2D eigenvalue weighted by Crippen LogP contribution is -2.06. The smallest absolute Gasteiger partial charge is 0.0631 e. The highest BCUT2D eigenvalue weighted by molar-refractivity contribution is 9.10. The van der Waals surface area contributed by atoms with Crippen LogP contribution in [0, 0.1) is 0 Å². The Kier molecular flexibility index (Phi) is 2.44. The van der Waals surface area contributed by atoms with Crippen LogP contribution in [0.1, 0.15) is 11.7 Å². The lowest BCUT2D eigenvalue weighted by molar-refractivity contribution is 0.880. The van der Waals surface area contributed by atoms with Crippen molar-refractivity contribution in [1.29, 1.82) is 0 Å². The van der Waals surface area contributed by atoms with Gasteiger partial charge >= 0.3 is 0 Å². The van der Waals surface area contributed by atoms with Gasteiger partial charge in [0.2, 0.25) is 0 Å². The minimum absolute atomic E-state index is 0.130. The number of hydrogen-bond donors (Lipinski definition) is 2. The van der Waals surface area contributed by atoms with E-state index in [1.165, 1.54) is 0 Å². The first-order valence-electron chi connectivity index (χ1n) is 4.37. The van der Waals surface area contributed by atoms with E-state index in [-0.39, 0.29) is 6.04 Å². The summed E-state index contributed by atoms with van der Waals surface area (Å²) in [5, 5.41) is 1.15. The molecule has 0 saturated carbocycles. The van der Waals surface area contributed by atoms with E-state index in [4.69, 9.17) is 5.73 Å². The predicted octanol–water partition coefficient (Wildman–Crippen LogP) is 3.12. The molecular formula is C11H11BrN2. The third-order valence-electron chi connectivity index (χ3n) is 2.24. The zero-order chi connectivity index (χ0) is 10.1. The molecule has 3 heteroatoms. The minimum Gasteiger partial charge on any atom is -0.357 e. The first-order valence-corrected chi connectivity index (χ1v) is 5.17. The molecule has 0 spiro atoms. The number of aromatic nitrogens is 1. The van der Waals surface area contributed by atoms with Gasteiger partial charge in [0.15, 0.2) is 0 Å². The van der Waals surface area contributed by atoms with Crippen molar-refractivity contribution < 1.29 is 0 Å².